The van der Waals surface area contributed by atoms with Gasteiger partial charge in [-0.05, 0) is 30.2 Å². The number of hydrogen-bond acceptors (Lipinski definition) is 3. The number of nitrogens with one attached hydrogen (secondary N) is 2. The molecule has 0 bridgehead atoms. The van der Waals surface area contributed by atoms with E-state index in [-0.39, 0.29) is 18.4 Å². The molecule has 5 nitrogen and oxygen atoms in total. The fraction of sp³-hybridized carbons (Fsp3) is 0.263. The third kappa shape index (κ3) is 5.43. The molecule has 2 aromatic carbocycles. The minimum Gasteiger partial charge on any atom is -0.376 e. The van der Waals surface area contributed by atoms with Crippen LogP contribution >= 0.6 is 0 Å². The maximum atomic E-state index is 11.9. The molecule has 0 heterocycles. The zero-order chi connectivity index (χ0) is 17.4. The molecule has 0 saturated heterocycles. The van der Waals surface area contributed by atoms with Gasteiger partial charge in [-0.1, -0.05) is 36.4 Å². The summed E-state index contributed by atoms with van der Waals surface area (Å²) in [6.45, 7) is 0.776. The van der Waals surface area contributed by atoms with Gasteiger partial charge in [0.15, 0.2) is 0 Å². The number of anilines is 1. The van der Waals surface area contributed by atoms with Crippen molar-refractivity contribution in [3.8, 4) is 0 Å². The summed E-state index contributed by atoms with van der Waals surface area (Å²) in [6, 6.07) is 17.2. The summed E-state index contributed by atoms with van der Waals surface area (Å²) in [6.07, 6.45) is 0.805. The molecular weight excluding hydrogens is 302 g/mol. The van der Waals surface area contributed by atoms with Gasteiger partial charge in [-0.3, -0.25) is 9.59 Å². The van der Waals surface area contributed by atoms with Crippen LogP contribution in [0.4, 0.5) is 5.69 Å². The minimum atomic E-state index is -0.0738. The van der Waals surface area contributed by atoms with Gasteiger partial charge in [0.05, 0.1) is 6.54 Å². The van der Waals surface area contributed by atoms with Gasteiger partial charge >= 0.3 is 0 Å². The van der Waals surface area contributed by atoms with Gasteiger partial charge < -0.3 is 15.5 Å². The highest BCUT2D eigenvalue weighted by Crippen LogP contribution is 2.11. The van der Waals surface area contributed by atoms with Crippen LogP contribution in [-0.4, -0.2) is 43.9 Å². The van der Waals surface area contributed by atoms with E-state index in [1.165, 1.54) is 10.5 Å². The Morgan fingerprint density at radius 2 is 1.75 bits per heavy atom. The van der Waals surface area contributed by atoms with Crippen LogP contribution in [-0.2, 0) is 11.2 Å². The van der Waals surface area contributed by atoms with Crippen molar-refractivity contribution in [3.63, 3.8) is 0 Å². The molecular formula is C19H23N3O2. The fourth-order valence-corrected chi connectivity index (χ4v) is 2.26. The highest BCUT2D eigenvalue weighted by molar-refractivity contribution is 5.95. The van der Waals surface area contributed by atoms with Crippen molar-refractivity contribution in [3.05, 3.63) is 65.7 Å². The molecule has 0 unspecified atom stereocenters. The number of benzene rings is 2. The number of nitrogens with zero attached hydrogens (tertiary/aromatic N) is 1. The van der Waals surface area contributed by atoms with Crippen molar-refractivity contribution in [2.24, 2.45) is 0 Å². The number of carbonyl (C=O) groups is 2. The second kappa shape index (κ2) is 8.72. The molecule has 0 aromatic heterocycles. The van der Waals surface area contributed by atoms with Crippen LogP contribution in [0.1, 0.15) is 15.9 Å². The van der Waals surface area contributed by atoms with Crippen LogP contribution in [0, 0.1) is 0 Å². The van der Waals surface area contributed by atoms with Gasteiger partial charge in [-0.25, -0.2) is 0 Å². The molecule has 2 rings (SSSR count). The molecule has 0 atom stereocenters. The summed E-state index contributed by atoms with van der Waals surface area (Å²) in [4.78, 5) is 25.3. The normalized spacial score (nSPS) is 10.1. The average molecular weight is 325 g/mol. The molecule has 126 valence electrons. The lowest BCUT2D eigenvalue weighted by molar-refractivity contribution is -0.119. The SMILES string of the molecule is CN(C)C(=O)c1cccc(NCC(=O)NCCc2ccccc2)c1. The minimum absolute atomic E-state index is 0.0639. The standard InChI is InChI=1S/C19H23N3O2/c1-22(2)19(24)16-9-6-10-17(13-16)21-14-18(23)20-12-11-15-7-4-3-5-8-15/h3-10,13,21H,11-12,14H2,1-2H3,(H,20,23). The number of rotatable bonds is 7. The predicted octanol–water partition coefficient (Wildman–Crippen LogP) is 2.16. The van der Waals surface area contributed by atoms with E-state index in [0.29, 0.717) is 12.1 Å². The van der Waals surface area contributed by atoms with Crippen molar-refractivity contribution in [1.29, 1.82) is 0 Å². The molecule has 0 radical (unpaired) electrons. The Labute approximate surface area is 142 Å². The highest BCUT2D eigenvalue weighted by atomic mass is 16.2. The monoisotopic (exact) mass is 325 g/mol. The van der Waals surface area contributed by atoms with E-state index in [9.17, 15) is 9.59 Å². The van der Waals surface area contributed by atoms with Gasteiger partial charge in [0, 0.05) is 31.9 Å². The summed E-state index contributed by atoms with van der Waals surface area (Å²) in [7, 11) is 3.42. The molecule has 0 fully saturated rings. The molecule has 24 heavy (non-hydrogen) atoms. The van der Waals surface area contributed by atoms with Crippen LogP contribution < -0.4 is 10.6 Å². The summed E-state index contributed by atoms with van der Waals surface area (Å²) in [5.74, 6) is -0.138. The topological polar surface area (TPSA) is 61.4 Å². The van der Waals surface area contributed by atoms with E-state index in [1.807, 2.05) is 36.4 Å². The summed E-state index contributed by atoms with van der Waals surface area (Å²) >= 11 is 0. The quantitative estimate of drug-likeness (QED) is 0.820. The Morgan fingerprint density at radius 3 is 2.46 bits per heavy atom. The van der Waals surface area contributed by atoms with Crippen LogP contribution in [0.2, 0.25) is 0 Å². The second-order valence-electron chi connectivity index (χ2n) is 5.72. The molecule has 2 N–H and O–H groups in total. The first-order valence-electron chi connectivity index (χ1n) is 7.92. The Kier molecular flexibility index (Phi) is 6.37. The Morgan fingerprint density at radius 1 is 1.00 bits per heavy atom. The average Bonchev–Trinajstić information content (AvgIpc) is 2.60. The predicted molar refractivity (Wildman–Crippen MR) is 96.1 cm³/mol. The summed E-state index contributed by atoms with van der Waals surface area (Å²) in [5, 5.41) is 5.92. The highest BCUT2D eigenvalue weighted by Gasteiger charge is 2.08. The van der Waals surface area contributed by atoms with Gasteiger partial charge in [0.2, 0.25) is 5.91 Å². The lowest BCUT2D eigenvalue weighted by Crippen LogP contribution is -2.31. The molecule has 0 spiro atoms. The Hall–Kier alpha value is -2.82. The molecule has 0 aliphatic rings. The molecule has 0 saturated carbocycles. The number of hydrogen-bond donors (Lipinski definition) is 2. The van der Waals surface area contributed by atoms with Crippen molar-refractivity contribution in [1.82, 2.24) is 10.2 Å². The van der Waals surface area contributed by atoms with Crippen LogP contribution in [0.5, 0.6) is 0 Å². The van der Waals surface area contributed by atoms with Gasteiger partial charge in [-0.15, -0.1) is 0 Å². The molecule has 5 heteroatoms. The largest absolute Gasteiger partial charge is 0.376 e. The summed E-state index contributed by atoms with van der Waals surface area (Å²) < 4.78 is 0. The van der Waals surface area contributed by atoms with E-state index in [1.54, 1.807) is 32.3 Å². The number of carbonyl (C=O) groups excluding carboxylic acids is 2. The van der Waals surface area contributed by atoms with Crippen LogP contribution in [0.25, 0.3) is 0 Å². The maximum absolute atomic E-state index is 11.9. The fourth-order valence-electron chi connectivity index (χ4n) is 2.26. The van der Waals surface area contributed by atoms with Crippen molar-refractivity contribution >= 4 is 17.5 Å². The maximum Gasteiger partial charge on any atom is 0.253 e. The molecule has 2 amide bonds. The zero-order valence-corrected chi connectivity index (χ0v) is 14.1. The van der Waals surface area contributed by atoms with Gasteiger partial charge in [-0.2, -0.15) is 0 Å². The van der Waals surface area contributed by atoms with Crippen molar-refractivity contribution in [2.75, 3.05) is 32.5 Å². The van der Waals surface area contributed by atoms with Crippen LogP contribution in [0.15, 0.2) is 54.6 Å². The van der Waals surface area contributed by atoms with Gasteiger partial charge in [0.25, 0.3) is 5.91 Å². The van der Waals surface area contributed by atoms with E-state index in [0.717, 1.165) is 12.1 Å². The first kappa shape index (κ1) is 17.5. The van der Waals surface area contributed by atoms with Crippen LogP contribution in [0.3, 0.4) is 0 Å². The van der Waals surface area contributed by atoms with E-state index < -0.39 is 0 Å². The van der Waals surface area contributed by atoms with Crippen molar-refractivity contribution in [2.45, 2.75) is 6.42 Å². The molecule has 2 aromatic rings. The second-order valence-corrected chi connectivity index (χ2v) is 5.72. The van der Waals surface area contributed by atoms with E-state index in [2.05, 4.69) is 10.6 Å². The van der Waals surface area contributed by atoms with Gasteiger partial charge in [0.1, 0.15) is 0 Å². The first-order chi connectivity index (χ1) is 11.6. The third-order valence-electron chi connectivity index (χ3n) is 3.55. The summed E-state index contributed by atoms with van der Waals surface area (Å²) in [5.41, 5.74) is 2.54. The lowest BCUT2D eigenvalue weighted by atomic mass is 10.1. The van der Waals surface area contributed by atoms with E-state index in [4.69, 9.17) is 0 Å². The smallest absolute Gasteiger partial charge is 0.253 e. The molecule has 0 aliphatic heterocycles. The molecule has 0 aliphatic carbocycles. The number of amides is 2. The zero-order valence-electron chi connectivity index (χ0n) is 14.1. The van der Waals surface area contributed by atoms with E-state index >= 15 is 0 Å². The van der Waals surface area contributed by atoms with Crippen molar-refractivity contribution < 1.29 is 9.59 Å². The first-order valence-corrected chi connectivity index (χ1v) is 7.92. The lowest BCUT2D eigenvalue weighted by Gasteiger charge is -2.12. The Balaban J connectivity index is 1.77. The Bertz CT molecular complexity index is 684. The third-order valence-corrected chi connectivity index (χ3v) is 3.55.